The highest BCUT2D eigenvalue weighted by atomic mass is 16.5. The summed E-state index contributed by atoms with van der Waals surface area (Å²) in [7, 11) is 0. The quantitative estimate of drug-likeness (QED) is 0.638. The molecule has 0 saturated carbocycles. The highest BCUT2D eigenvalue weighted by Crippen LogP contribution is 2.17. The summed E-state index contributed by atoms with van der Waals surface area (Å²) in [6.45, 7) is 4.78. The highest BCUT2D eigenvalue weighted by Gasteiger charge is 2.31. The van der Waals surface area contributed by atoms with E-state index in [0.29, 0.717) is 38.6 Å². The van der Waals surface area contributed by atoms with Crippen molar-refractivity contribution in [3.05, 3.63) is 48.0 Å². The maximum Gasteiger partial charge on any atom is 0.237 e. The molecule has 2 heterocycles. The van der Waals surface area contributed by atoms with Crippen molar-refractivity contribution < 1.29 is 14.3 Å². The van der Waals surface area contributed by atoms with Crippen LogP contribution in [0.3, 0.4) is 0 Å². The Bertz CT molecular complexity index is 745. The molecule has 2 amide bonds. The van der Waals surface area contributed by atoms with Gasteiger partial charge in [0.15, 0.2) is 0 Å². The van der Waals surface area contributed by atoms with Crippen LogP contribution in [0.5, 0.6) is 5.75 Å². The molecule has 1 aromatic heterocycles. The number of carbonyl (C=O) groups excluding carboxylic acids is 2. The van der Waals surface area contributed by atoms with E-state index in [0.717, 1.165) is 11.3 Å². The number of rotatable bonds is 8. The molecule has 8 nitrogen and oxygen atoms in total. The van der Waals surface area contributed by atoms with Crippen LogP contribution in [-0.4, -0.2) is 52.4 Å². The van der Waals surface area contributed by atoms with Gasteiger partial charge in [0.2, 0.25) is 11.8 Å². The lowest BCUT2D eigenvalue weighted by Gasteiger charge is -2.34. The summed E-state index contributed by atoms with van der Waals surface area (Å²) < 4.78 is 5.46. The zero-order valence-corrected chi connectivity index (χ0v) is 15.4. The van der Waals surface area contributed by atoms with E-state index >= 15 is 0 Å². The smallest absolute Gasteiger partial charge is 0.237 e. The lowest BCUT2D eigenvalue weighted by atomic mass is 10.1. The minimum absolute atomic E-state index is 0.111. The molecule has 1 unspecified atom stereocenters. The molecule has 3 N–H and O–H groups in total. The number of ether oxygens (including phenoxy) is 1. The van der Waals surface area contributed by atoms with Gasteiger partial charge in [0.25, 0.3) is 0 Å². The number of hydrogen-bond donors (Lipinski definition) is 3. The number of imidazole rings is 1. The predicted octanol–water partition coefficient (Wildman–Crippen LogP) is 0.815. The number of benzene rings is 1. The van der Waals surface area contributed by atoms with E-state index in [1.54, 1.807) is 12.4 Å². The average Bonchev–Trinajstić information content (AvgIpc) is 3.18. The number of amides is 2. The zero-order chi connectivity index (χ0) is 19.1. The molecule has 1 aliphatic rings. The number of piperazine rings is 1. The maximum absolute atomic E-state index is 12.3. The molecule has 0 spiro atoms. The summed E-state index contributed by atoms with van der Waals surface area (Å²) in [6, 6.07) is 7.35. The van der Waals surface area contributed by atoms with Crippen LogP contribution in [0.1, 0.15) is 24.7 Å². The van der Waals surface area contributed by atoms with Gasteiger partial charge in [-0.1, -0.05) is 12.1 Å². The number of aromatic amines is 1. The fraction of sp³-hybridized carbons (Fsp3) is 0.421. The van der Waals surface area contributed by atoms with Crippen LogP contribution in [0.4, 0.5) is 0 Å². The number of nitrogens with zero attached hydrogens (tertiary/aromatic N) is 2. The molecule has 8 heteroatoms. The molecule has 3 rings (SSSR count). The Labute approximate surface area is 158 Å². The Morgan fingerprint density at radius 1 is 1.37 bits per heavy atom. The SMILES string of the molecule is CCOc1ccc(CN2CCNC(=O)C2CC(=O)NCc2ncc[nH]2)cc1. The van der Waals surface area contributed by atoms with E-state index in [-0.39, 0.29) is 18.2 Å². The number of H-pyrrole nitrogens is 1. The van der Waals surface area contributed by atoms with E-state index in [1.807, 2.05) is 36.1 Å². The lowest BCUT2D eigenvalue weighted by molar-refractivity contribution is -0.134. The third-order valence-electron chi connectivity index (χ3n) is 4.45. The number of carbonyl (C=O) groups is 2. The number of hydrogen-bond acceptors (Lipinski definition) is 5. The standard InChI is InChI=1S/C19H25N5O3/c1-2-27-15-5-3-14(4-6-15)13-24-10-9-22-19(26)16(24)11-18(25)23-12-17-20-7-8-21-17/h3-8,16H,2,9-13H2,1H3,(H,20,21)(H,22,26)(H,23,25). The third-order valence-corrected chi connectivity index (χ3v) is 4.45. The van der Waals surface area contributed by atoms with Crippen molar-refractivity contribution in [3.63, 3.8) is 0 Å². The van der Waals surface area contributed by atoms with Gasteiger partial charge in [0.05, 0.1) is 25.6 Å². The normalized spacial score (nSPS) is 17.4. The molecular weight excluding hydrogens is 346 g/mol. The first-order chi connectivity index (χ1) is 13.2. The van der Waals surface area contributed by atoms with Gasteiger partial charge in [-0.15, -0.1) is 0 Å². The largest absolute Gasteiger partial charge is 0.494 e. The van der Waals surface area contributed by atoms with E-state index in [2.05, 4.69) is 20.6 Å². The van der Waals surface area contributed by atoms with E-state index in [4.69, 9.17) is 4.74 Å². The Balaban J connectivity index is 1.58. The van der Waals surface area contributed by atoms with E-state index < -0.39 is 6.04 Å². The third kappa shape index (κ3) is 5.30. The molecule has 1 aromatic carbocycles. The second kappa shape index (κ2) is 9.18. The Morgan fingerprint density at radius 3 is 2.89 bits per heavy atom. The van der Waals surface area contributed by atoms with Gasteiger partial charge in [-0.05, 0) is 24.6 Å². The molecule has 0 aliphatic carbocycles. The van der Waals surface area contributed by atoms with Crippen molar-refractivity contribution in [3.8, 4) is 5.75 Å². The van der Waals surface area contributed by atoms with Crippen LogP contribution in [0.15, 0.2) is 36.7 Å². The second-order valence-electron chi connectivity index (χ2n) is 6.37. The van der Waals surface area contributed by atoms with Gasteiger partial charge in [-0.2, -0.15) is 0 Å². The van der Waals surface area contributed by atoms with Crippen LogP contribution < -0.4 is 15.4 Å². The minimum Gasteiger partial charge on any atom is -0.494 e. The monoisotopic (exact) mass is 371 g/mol. The van der Waals surface area contributed by atoms with Crippen molar-refractivity contribution in [1.82, 2.24) is 25.5 Å². The molecule has 27 heavy (non-hydrogen) atoms. The highest BCUT2D eigenvalue weighted by molar-refractivity contribution is 5.88. The van der Waals surface area contributed by atoms with Gasteiger partial charge in [-0.3, -0.25) is 14.5 Å². The zero-order valence-electron chi connectivity index (χ0n) is 15.4. The van der Waals surface area contributed by atoms with Gasteiger partial charge in [0.1, 0.15) is 11.6 Å². The van der Waals surface area contributed by atoms with Gasteiger partial charge < -0.3 is 20.4 Å². The maximum atomic E-state index is 12.3. The number of nitrogens with one attached hydrogen (secondary N) is 3. The molecular formula is C19H25N5O3. The fourth-order valence-corrected chi connectivity index (χ4v) is 3.09. The lowest BCUT2D eigenvalue weighted by Crippen LogP contribution is -2.56. The van der Waals surface area contributed by atoms with Gasteiger partial charge in [0, 0.05) is 32.0 Å². The Kier molecular flexibility index (Phi) is 6.43. The van der Waals surface area contributed by atoms with Gasteiger partial charge in [-0.25, -0.2) is 4.98 Å². The van der Waals surface area contributed by atoms with Crippen LogP contribution >= 0.6 is 0 Å². The van der Waals surface area contributed by atoms with Gasteiger partial charge >= 0.3 is 0 Å². The first-order valence-corrected chi connectivity index (χ1v) is 9.14. The summed E-state index contributed by atoms with van der Waals surface area (Å²) in [6.07, 6.45) is 3.45. The molecule has 0 radical (unpaired) electrons. The van der Waals surface area contributed by atoms with Crippen molar-refractivity contribution in [2.24, 2.45) is 0 Å². The first kappa shape index (κ1) is 18.9. The summed E-state index contributed by atoms with van der Waals surface area (Å²) in [5, 5.41) is 5.65. The van der Waals surface area contributed by atoms with Crippen molar-refractivity contribution >= 4 is 11.8 Å². The van der Waals surface area contributed by atoms with Crippen molar-refractivity contribution in [2.45, 2.75) is 32.5 Å². The summed E-state index contributed by atoms with van der Waals surface area (Å²) >= 11 is 0. The van der Waals surface area contributed by atoms with Crippen LogP contribution in [-0.2, 0) is 22.7 Å². The molecule has 0 bridgehead atoms. The summed E-state index contributed by atoms with van der Waals surface area (Å²) in [5.74, 6) is 1.22. The van der Waals surface area contributed by atoms with E-state index in [1.165, 1.54) is 0 Å². The molecule has 1 atom stereocenters. The second-order valence-corrected chi connectivity index (χ2v) is 6.37. The summed E-state index contributed by atoms with van der Waals surface area (Å²) in [4.78, 5) is 33.7. The minimum atomic E-state index is -0.484. The predicted molar refractivity (Wildman–Crippen MR) is 99.9 cm³/mol. The Morgan fingerprint density at radius 2 is 2.19 bits per heavy atom. The Hall–Kier alpha value is -2.87. The molecule has 2 aromatic rings. The number of aromatic nitrogens is 2. The van der Waals surface area contributed by atoms with Crippen molar-refractivity contribution in [2.75, 3.05) is 19.7 Å². The first-order valence-electron chi connectivity index (χ1n) is 9.14. The average molecular weight is 371 g/mol. The fourth-order valence-electron chi connectivity index (χ4n) is 3.09. The molecule has 1 aliphatic heterocycles. The van der Waals surface area contributed by atoms with Crippen LogP contribution in [0.25, 0.3) is 0 Å². The van der Waals surface area contributed by atoms with E-state index in [9.17, 15) is 9.59 Å². The molecule has 1 fully saturated rings. The molecule has 1 saturated heterocycles. The summed E-state index contributed by atoms with van der Waals surface area (Å²) in [5.41, 5.74) is 1.08. The topological polar surface area (TPSA) is 99.3 Å². The molecule has 144 valence electrons. The van der Waals surface area contributed by atoms with Crippen LogP contribution in [0.2, 0.25) is 0 Å². The van der Waals surface area contributed by atoms with Crippen molar-refractivity contribution in [1.29, 1.82) is 0 Å². The van der Waals surface area contributed by atoms with Crippen LogP contribution in [0, 0.1) is 0 Å².